The summed E-state index contributed by atoms with van der Waals surface area (Å²) in [5, 5.41) is 14.5. The summed E-state index contributed by atoms with van der Waals surface area (Å²) in [5.41, 5.74) is 13.4. The minimum atomic E-state index is -0.998. The molecule has 9 N–H and O–H groups in total. The van der Waals surface area contributed by atoms with Crippen molar-refractivity contribution >= 4 is 29.7 Å². The number of carbonyl (C=O) groups excluding carboxylic acids is 5. The van der Waals surface area contributed by atoms with Gasteiger partial charge in [-0.1, -0.05) is 74.5 Å². The van der Waals surface area contributed by atoms with E-state index in [0.29, 0.717) is 71.1 Å². The van der Waals surface area contributed by atoms with Gasteiger partial charge in [0, 0.05) is 26.1 Å². The third-order valence-electron chi connectivity index (χ3n) is 9.45. The van der Waals surface area contributed by atoms with E-state index in [1.54, 1.807) is 4.90 Å². The monoisotopic (exact) mass is 690 g/mol. The molecule has 2 aliphatic rings. The highest BCUT2D eigenvalue weighted by atomic mass is 16.2. The molecule has 0 aromatic heterocycles. The molecular weight excluding hydrogens is 636 g/mol. The minimum Gasteiger partial charge on any atom is -0.343 e. The first-order chi connectivity index (χ1) is 24.0. The van der Waals surface area contributed by atoms with Crippen LogP contribution < -0.4 is 38.1 Å². The molecule has 0 aliphatic carbocycles. The van der Waals surface area contributed by atoms with Crippen LogP contribution in [0.25, 0.3) is 0 Å². The Morgan fingerprint density at radius 1 is 0.800 bits per heavy atom. The molecule has 4 rings (SSSR count). The van der Waals surface area contributed by atoms with E-state index >= 15 is 0 Å². The van der Waals surface area contributed by atoms with E-state index < -0.39 is 41.9 Å². The highest BCUT2D eigenvalue weighted by Gasteiger charge is 2.42. The van der Waals surface area contributed by atoms with Crippen LogP contribution in [-0.4, -0.2) is 90.4 Å². The summed E-state index contributed by atoms with van der Waals surface area (Å²) in [4.78, 5) is 68.5. The SMILES string of the molecule is CC(C)C[C@@H](NC(=O)[C@@H](Cc1ccccc1)NC(=O)[C@H](N)Cc1ccccc1)C(=O)N[C@H](CCCCN)C(=O)N1CCC2(CC1)CNC(=O)N2. The zero-order valence-electron chi connectivity index (χ0n) is 29.3. The van der Waals surface area contributed by atoms with Crippen LogP contribution in [0.2, 0.25) is 0 Å². The molecule has 50 heavy (non-hydrogen) atoms. The third-order valence-corrected chi connectivity index (χ3v) is 9.45. The van der Waals surface area contributed by atoms with Crippen molar-refractivity contribution in [1.29, 1.82) is 0 Å². The smallest absolute Gasteiger partial charge is 0.315 e. The Morgan fingerprint density at radius 3 is 1.92 bits per heavy atom. The second kappa shape index (κ2) is 18.5. The molecule has 0 unspecified atom stereocenters. The lowest BCUT2D eigenvalue weighted by atomic mass is 9.88. The number of benzene rings is 2. The van der Waals surface area contributed by atoms with Gasteiger partial charge in [0.15, 0.2) is 0 Å². The summed E-state index contributed by atoms with van der Waals surface area (Å²) in [6, 6.07) is 14.9. The van der Waals surface area contributed by atoms with Gasteiger partial charge in [-0.15, -0.1) is 0 Å². The number of rotatable bonds is 17. The molecule has 0 radical (unpaired) electrons. The van der Waals surface area contributed by atoms with E-state index in [1.165, 1.54) is 0 Å². The lowest BCUT2D eigenvalue weighted by Crippen LogP contribution is -2.60. The number of carbonyl (C=O) groups is 5. The Hall–Kier alpha value is -4.49. The number of piperidine rings is 1. The predicted octanol–water partition coefficient (Wildman–Crippen LogP) is 1.10. The van der Waals surface area contributed by atoms with E-state index in [1.807, 2.05) is 74.5 Å². The van der Waals surface area contributed by atoms with Gasteiger partial charge in [-0.05, 0) is 68.5 Å². The van der Waals surface area contributed by atoms with E-state index in [0.717, 1.165) is 11.1 Å². The van der Waals surface area contributed by atoms with Crippen molar-refractivity contribution in [2.75, 3.05) is 26.2 Å². The van der Waals surface area contributed by atoms with Gasteiger partial charge in [-0.25, -0.2) is 4.79 Å². The first-order valence-corrected chi connectivity index (χ1v) is 17.8. The molecule has 13 heteroatoms. The van der Waals surface area contributed by atoms with Crippen molar-refractivity contribution < 1.29 is 24.0 Å². The first-order valence-electron chi connectivity index (χ1n) is 17.8. The average Bonchev–Trinajstić information content (AvgIpc) is 3.46. The lowest BCUT2D eigenvalue weighted by Gasteiger charge is -2.39. The Morgan fingerprint density at radius 2 is 1.36 bits per heavy atom. The number of amides is 6. The van der Waals surface area contributed by atoms with Gasteiger partial charge in [0.1, 0.15) is 18.1 Å². The Kier molecular flexibility index (Phi) is 14.2. The van der Waals surface area contributed by atoms with E-state index in [2.05, 4.69) is 26.6 Å². The van der Waals surface area contributed by atoms with Gasteiger partial charge in [0.05, 0.1) is 11.6 Å². The summed E-state index contributed by atoms with van der Waals surface area (Å²) in [6.45, 7) is 5.77. The zero-order chi connectivity index (χ0) is 36.1. The van der Waals surface area contributed by atoms with Crippen LogP contribution in [0, 0.1) is 5.92 Å². The van der Waals surface area contributed by atoms with E-state index in [9.17, 15) is 24.0 Å². The number of nitrogens with two attached hydrogens (primary N) is 2. The van der Waals surface area contributed by atoms with Gasteiger partial charge < -0.3 is 43.0 Å². The molecule has 272 valence electrons. The number of nitrogens with one attached hydrogen (secondary N) is 5. The molecule has 1 spiro atoms. The molecule has 0 saturated carbocycles. The average molecular weight is 691 g/mol. The summed E-state index contributed by atoms with van der Waals surface area (Å²) in [7, 11) is 0. The maximum absolute atomic E-state index is 13.9. The van der Waals surface area contributed by atoms with Gasteiger partial charge in [0.2, 0.25) is 23.6 Å². The molecule has 13 nitrogen and oxygen atoms in total. The summed E-state index contributed by atoms with van der Waals surface area (Å²) in [6.07, 6.45) is 3.76. The quantitative estimate of drug-likeness (QED) is 0.121. The standard InChI is InChI=1S/C37H54N8O5/c1-25(2)21-30(33(47)41-29(15-9-10-18-38)35(49)45-19-16-37(17-20-45)24-40-36(50)44-37)43-34(48)31(23-27-13-7-4-8-14-27)42-32(46)28(39)22-26-11-5-3-6-12-26/h3-8,11-14,25,28-31H,9-10,15-24,38-39H2,1-2H3,(H,41,47)(H,42,46)(H,43,48)(H2,40,44,50)/t28-,29-,30-,31-/m1/s1. The normalized spacial score (nSPS) is 17.6. The third kappa shape index (κ3) is 11.3. The minimum absolute atomic E-state index is 0.0346. The molecule has 2 aromatic carbocycles. The first kappa shape index (κ1) is 38.3. The maximum Gasteiger partial charge on any atom is 0.315 e. The van der Waals surface area contributed by atoms with Crippen molar-refractivity contribution in [3.63, 3.8) is 0 Å². The van der Waals surface area contributed by atoms with E-state index in [-0.39, 0.29) is 29.8 Å². The number of urea groups is 1. The van der Waals surface area contributed by atoms with Gasteiger partial charge in [-0.2, -0.15) is 0 Å². The molecule has 2 aromatic rings. The Bertz CT molecular complexity index is 1430. The maximum atomic E-state index is 13.9. The highest BCUT2D eigenvalue weighted by Crippen LogP contribution is 2.25. The molecule has 2 fully saturated rings. The van der Waals surface area contributed by atoms with Crippen LogP contribution in [0.5, 0.6) is 0 Å². The fourth-order valence-electron chi connectivity index (χ4n) is 6.55. The van der Waals surface area contributed by atoms with E-state index in [4.69, 9.17) is 11.5 Å². The number of hydrogen-bond donors (Lipinski definition) is 7. The predicted molar refractivity (Wildman–Crippen MR) is 191 cm³/mol. The van der Waals surface area contributed by atoms with Crippen LogP contribution in [0.4, 0.5) is 4.79 Å². The number of nitrogens with zero attached hydrogens (tertiary/aromatic N) is 1. The summed E-state index contributed by atoms with van der Waals surface area (Å²) < 4.78 is 0. The topological polar surface area (TPSA) is 201 Å². The molecular formula is C37H54N8O5. The summed E-state index contributed by atoms with van der Waals surface area (Å²) in [5.74, 6) is -1.62. The number of likely N-dealkylation sites (tertiary alicyclic amines) is 1. The lowest BCUT2D eigenvalue weighted by molar-refractivity contribution is -0.139. The van der Waals surface area contributed by atoms with Gasteiger partial charge in [-0.3, -0.25) is 19.2 Å². The molecule has 6 amide bonds. The van der Waals surface area contributed by atoms with Crippen molar-refractivity contribution in [2.24, 2.45) is 17.4 Å². The van der Waals surface area contributed by atoms with Crippen molar-refractivity contribution in [1.82, 2.24) is 31.5 Å². The van der Waals surface area contributed by atoms with Crippen molar-refractivity contribution in [3.8, 4) is 0 Å². The Balaban J connectivity index is 1.46. The van der Waals surface area contributed by atoms with Crippen LogP contribution >= 0.6 is 0 Å². The zero-order valence-corrected chi connectivity index (χ0v) is 29.3. The van der Waals surface area contributed by atoms with Crippen LogP contribution in [0.15, 0.2) is 60.7 Å². The van der Waals surface area contributed by atoms with Crippen molar-refractivity contribution in [3.05, 3.63) is 71.8 Å². The van der Waals surface area contributed by atoms with Crippen LogP contribution in [0.1, 0.15) is 63.5 Å². The molecule has 0 bridgehead atoms. The molecule has 2 saturated heterocycles. The highest BCUT2D eigenvalue weighted by molar-refractivity contribution is 5.95. The number of unbranched alkanes of at least 4 members (excludes halogenated alkanes) is 1. The fraction of sp³-hybridized carbons (Fsp3) is 0.541. The second-order valence-corrected chi connectivity index (χ2v) is 14.0. The number of hydrogen-bond acceptors (Lipinski definition) is 7. The molecule has 2 aliphatic heterocycles. The largest absolute Gasteiger partial charge is 0.343 e. The Labute approximate surface area is 295 Å². The fourth-order valence-corrected chi connectivity index (χ4v) is 6.55. The van der Waals surface area contributed by atoms with Crippen LogP contribution in [-0.2, 0) is 32.0 Å². The van der Waals surface area contributed by atoms with Crippen LogP contribution in [0.3, 0.4) is 0 Å². The van der Waals surface area contributed by atoms with Crippen molar-refractivity contribution in [2.45, 2.75) is 94.9 Å². The molecule has 2 heterocycles. The summed E-state index contributed by atoms with van der Waals surface area (Å²) >= 11 is 0. The van der Waals surface area contributed by atoms with Gasteiger partial charge >= 0.3 is 6.03 Å². The second-order valence-electron chi connectivity index (χ2n) is 14.0. The van der Waals surface area contributed by atoms with Gasteiger partial charge in [0.25, 0.3) is 0 Å². The molecule has 4 atom stereocenters.